The third-order valence-corrected chi connectivity index (χ3v) is 4.69. The summed E-state index contributed by atoms with van der Waals surface area (Å²) in [5.74, 6) is -0.470. The molecule has 5 nitrogen and oxygen atoms in total. The van der Waals surface area contributed by atoms with Crippen molar-refractivity contribution in [3.8, 4) is 0 Å². The van der Waals surface area contributed by atoms with Crippen LogP contribution in [0.5, 0.6) is 0 Å². The largest absolute Gasteiger partial charge is 0.300 e. The number of amides is 1. The van der Waals surface area contributed by atoms with Gasteiger partial charge in [0.25, 0.3) is 5.91 Å². The first kappa shape index (κ1) is 17.9. The molecule has 0 aliphatic carbocycles. The standard InChI is InChI=1S/C18H29N3O2/c1-4-5-10-20-11-14(2)21(15(3)12-20)13-16-6-8-17(9-7-16)18(22)19-23/h6-9,14-15,23H,4-5,10-13H2,1-3H3,(H,19,22). The van der Waals surface area contributed by atoms with Crippen molar-refractivity contribution in [2.75, 3.05) is 19.6 Å². The van der Waals surface area contributed by atoms with Gasteiger partial charge in [-0.2, -0.15) is 0 Å². The fourth-order valence-electron chi connectivity index (χ4n) is 3.38. The van der Waals surface area contributed by atoms with E-state index in [4.69, 9.17) is 5.21 Å². The predicted octanol–water partition coefficient (Wildman–Crippen LogP) is 2.50. The predicted molar refractivity (Wildman–Crippen MR) is 91.5 cm³/mol. The maximum Gasteiger partial charge on any atom is 0.274 e. The summed E-state index contributed by atoms with van der Waals surface area (Å²) in [5, 5.41) is 8.66. The van der Waals surface area contributed by atoms with Crippen molar-refractivity contribution in [3.63, 3.8) is 0 Å². The maximum atomic E-state index is 11.4. The van der Waals surface area contributed by atoms with E-state index < -0.39 is 5.91 Å². The fraction of sp³-hybridized carbons (Fsp3) is 0.611. The summed E-state index contributed by atoms with van der Waals surface area (Å²) in [6.07, 6.45) is 2.52. The van der Waals surface area contributed by atoms with Gasteiger partial charge in [-0.15, -0.1) is 0 Å². The number of piperazine rings is 1. The minimum absolute atomic E-state index is 0.470. The molecule has 2 N–H and O–H groups in total. The van der Waals surface area contributed by atoms with E-state index in [2.05, 4.69) is 30.6 Å². The number of benzene rings is 1. The van der Waals surface area contributed by atoms with Crippen molar-refractivity contribution < 1.29 is 10.0 Å². The molecule has 1 fully saturated rings. The molecule has 5 heteroatoms. The van der Waals surface area contributed by atoms with Crippen LogP contribution in [0, 0.1) is 0 Å². The van der Waals surface area contributed by atoms with Crippen LogP contribution in [0.2, 0.25) is 0 Å². The average Bonchev–Trinajstić information content (AvgIpc) is 2.56. The molecule has 0 spiro atoms. The van der Waals surface area contributed by atoms with Crippen molar-refractivity contribution in [3.05, 3.63) is 35.4 Å². The Kier molecular flexibility index (Phi) is 6.57. The molecule has 0 saturated carbocycles. The molecule has 0 radical (unpaired) electrons. The summed E-state index contributed by atoms with van der Waals surface area (Å²) in [7, 11) is 0. The summed E-state index contributed by atoms with van der Waals surface area (Å²) in [5.41, 5.74) is 3.33. The Morgan fingerprint density at radius 1 is 1.22 bits per heavy atom. The Morgan fingerprint density at radius 3 is 2.35 bits per heavy atom. The van der Waals surface area contributed by atoms with Gasteiger partial charge in [0, 0.05) is 37.3 Å². The van der Waals surface area contributed by atoms with Crippen LogP contribution >= 0.6 is 0 Å². The Morgan fingerprint density at radius 2 is 1.83 bits per heavy atom. The highest BCUT2D eigenvalue weighted by Crippen LogP contribution is 2.19. The van der Waals surface area contributed by atoms with Gasteiger partial charge in [0.05, 0.1) is 0 Å². The third kappa shape index (κ3) is 4.77. The number of carbonyl (C=O) groups is 1. The number of unbranched alkanes of at least 4 members (excludes halogenated alkanes) is 1. The molecule has 1 amide bonds. The summed E-state index contributed by atoms with van der Waals surface area (Å²) in [4.78, 5) is 16.5. The van der Waals surface area contributed by atoms with Gasteiger partial charge >= 0.3 is 0 Å². The van der Waals surface area contributed by atoms with E-state index in [9.17, 15) is 4.79 Å². The van der Waals surface area contributed by atoms with Crippen LogP contribution in [0.1, 0.15) is 49.5 Å². The van der Waals surface area contributed by atoms with E-state index in [1.807, 2.05) is 12.1 Å². The van der Waals surface area contributed by atoms with Crippen LogP contribution in [-0.4, -0.2) is 52.6 Å². The number of nitrogens with zero attached hydrogens (tertiary/aromatic N) is 2. The number of carbonyl (C=O) groups excluding carboxylic acids is 1. The van der Waals surface area contributed by atoms with E-state index in [-0.39, 0.29) is 0 Å². The molecule has 1 aromatic carbocycles. The van der Waals surface area contributed by atoms with Crippen LogP contribution < -0.4 is 5.48 Å². The van der Waals surface area contributed by atoms with Crippen LogP contribution in [0.3, 0.4) is 0 Å². The molecule has 23 heavy (non-hydrogen) atoms. The molecule has 2 atom stereocenters. The van der Waals surface area contributed by atoms with Crippen LogP contribution in [0.15, 0.2) is 24.3 Å². The number of nitrogens with one attached hydrogen (secondary N) is 1. The van der Waals surface area contributed by atoms with Crippen molar-refractivity contribution in [2.45, 2.75) is 52.2 Å². The average molecular weight is 319 g/mol. The Hall–Kier alpha value is -1.43. The maximum absolute atomic E-state index is 11.4. The van der Waals surface area contributed by atoms with Gasteiger partial charge in [0.1, 0.15) is 0 Å². The molecule has 2 unspecified atom stereocenters. The number of hydrogen-bond acceptors (Lipinski definition) is 4. The normalized spacial score (nSPS) is 23.0. The lowest BCUT2D eigenvalue weighted by Crippen LogP contribution is -2.56. The lowest BCUT2D eigenvalue weighted by atomic mass is 10.0. The summed E-state index contributed by atoms with van der Waals surface area (Å²) < 4.78 is 0. The molecular formula is C18H29N3O2. The van der Waals surface area contributed by atoms with E-state index in [0.29, 0.717) is 17.6 Å². The highest BCUT2D eigenvalue weighted by molar-refractivity contribution is 5.93. The first-order valence-corrected chi connectivity index (χ1v) is 8.56. The van der Waals surface area contributed by atoms with Crippen molar-refractivity contribution in [1.29, 1.82) is 0 Å². The van der Waals surface area contributed by atoms with Crippen molar-refractivity contribution in [1.82, 2.24) is 15.3 Å². The van der Waals surface area contributed by atoms with Crippen LogP contribution in [0.4, 0.5) is 0 Å². The van der Waals surface area contributed by atoms with Crippen molar-refractivity contribution in [2.24, 2.45) is 0 Å². The molecule has 1 aliphatic heterocycles. The van der Waals surface area contributed by atoms with E-state index in [0.717, 1.165) is 19.6 Å². The van der Waals surface area contributed by atoms with Crippen LogP contribution in [0.25, 0.3) is 0 Å². The molecule has 0 bridgehead atoms. The smallest absolute Gasteiger partial charge is 0.274 e. The molecule has 128 valence electrons. The molecule has 1 heterocycles. The number of hydrogen-bond donors (Lipinski definition) is 2. The zero-order chi connectivity index (χ0) is 16.8. The van der Waals surface area contributed by atoms with E-state index >= 15 is 0 Å². The van der Waals surface area contributed by atoms with Crippen molar-refractivity contribution >= 4 is 5.91 Å². The number of hydroxylamine groups is 1. The van der Waals surface area contributed by atoms with Gasteiger partial charge in [-0.1, -0.05) is 25.5 Å². The quantitative estimate of drug-likeness (QED) is 0.625. The highest BCUT2D eigenvalue weighted by Gasteiger charge is 2.28. The lowest BCUT2D eigenvalue weighted by Gasteiger charge is -2.44. The Bertz CT molecular complexity index is 491. The first-order chi connectivity index (χ1) is 11.0. The second-order valence-electron chi connectivity index (χ2n) is 6.62. The summed E-state index contributed by atoms with van der Waals surface area (Å²) in [6, 6.07) is 8.49. The van der Waals surface area contributed by atoms with Crippen LogP contribution in [-0.2, 0) is 6.54 Å². The zero-order valence-electron chi connectivity index (χ0n) is 14.5. The minimum atomic E-state index is -0.470. The molecule has 2 rings (SSSR count). The molecule has 1 aromatic rings. The lowest BCUT2D eigenvalue weighted by molar-refractivity contribution is 0.0323. The third-order valence-electron chi connectivity index (χ3n) is 4.69. The summed E-state index contributed by atoms with van der Waals surface area (Å²) >= 11 is 0. The van der Waals surface area contributed by atoms with Gasteiger partial charge in [-0.05, 0) is 44.5 Å². The van der Waals surface area contributed by atoms with Gasteiger partial charge in [0.15, 0.2) is 0 Å². The topological polar surface area (TPSA) is 55.8 Å². The first-order valence-electron chi connectivity index (χ1n) is 8.56. The van der Waals surface area contributed by atoms with Gasteiger partial charge in [-0.3, -0.25) is 14.9 Å². The molecule has 1 saturated heterocycles. The number of rotatable bonds is 6. The fourth-order valence-corrected chi connectivity index (χ4v) is 3.38. The SMILES string of the molecule is CCCCN1CC(C)N(Cc2ccc(C(=O)NO)cc2)C(C)C1. The highest BCUT2D eigenvalue weighted by atomic mass is 16.5. The molecule has 0 aromatic heterocycles. The van der Waals surface area contributed by atoms with Gasteiger partial charge in [0.2, 0.25) is 0 Å². The van der Waals surface area contributed by atoms with Gasteiger partial charge < -0.3 is 4.90 Å². The second-order valence-corrected chi connectivity index (χ2v) is 6.62. The van der Waals surface area contributed by atoms with E-state index in [1.54, 1.807) is 17.6 Å². The molecule has 1 aliphatic rings. The summed E-state index contributed by atoms with van der Waals surface area (Å²) in [6.45, 7) is 11.2. The Labute approximate surface area is 139 Å². The minimum Gasteiger partial charge on any atom is -0.300 e. The van der Waals surface area contributed by atoms with Gasteiger partial charge in [-0.25, -0.2) is 5.48 Å². The zero-order valence-corrected chi connectivity index (χ0v) is 14.5. The second kappa shape index (κ2) is 8.43. The Balaban J connectivity index is 1.95. The monoisotopic (exact) mass is 319 g/mol. The molecular weight excluding hydrogens is 290 g/mol. The van der Waals surface area contributed by atoms with E-state index in [1.165, 1.54) is 24.9 Å².